The van der Waals surface area contributed by atoms with Crippen molar-refractivity contribution in [2.75, 3.05) is 23.2 Å². The van der Waals surface area contributed by atoms with E-state index in [9.17, 15) is 9.36 Å². The molecule has 2 aromatic carbocycles. The van der Waals surface area contributed by atoms with Crippen LogP contribution < -0.4 is 9.99 Å². The third kappa shape index (κ3) is 4.32. The summed E-state index contributed by atoms with van der Waals surface area (Å²) in [6, 6.07) is 15.9. The Kier molecular flexibility index (Phi) is 5.29. The Bertz CT molecular complexity index is 805. The summed E-state index contributed by atoms with van der Waals surface area (Å²) in [5, 5.41) is 3.23. The van der Waals surface area contributed by atoms with E-state index < -0.39 is 7.29 Å². The highest BCUT2D eigenvalue weighted by atomic mass is 31.2. The van der Waals surface area contributed by atoms with Gasteiger partial charge in [-0.2, -0.15) is 0 Å². The van der Waals surface area contributed by atoms with Crippen molar-refractivity contribution in [1.29, 1.82) is 0 Å². The van der Waals surface area contributed by atoms with E-state index in [1.807, 2.05) is 53.4 Å². The van der Waals surface area contributed by atoms with Crippen LogP contribution in [0.4, 0.5) is 11.4 Å². The Hall–Kier alpha value is -2.06. The number of benzene rings is 2. The number of nitrogens with one attached hydrogen (secondary N) is 1. The predicted molar refractivity (Wildman–Crippen MR) is 105 cm³/mol. The Labute approximate surface area is 149 Å². The van der Waals surface area contributed by atoms with Crippen LogP contribution in [0.3, 0.4) is 0 Å². The van der Waals surface area contributed by atoms with E-state index >= 15 is 0 Å². The molecule has 0 bridgehead atoms. The Morgan fingerprint density at radius 2 is 1.88 bits per heavy atom. The number of hydrogen-bond acceptors (Lipinski definition) is 2. The number of carbonyl (C=O) groups is 1. The second-order valence-corrected chi connectivity index (χ2v) is 9.49. The Morgan fingerprint density at radius 1 is 1.12 bits per heavy atom. The molecule has 1 heterocycles. The predicted octanol–water partition coefficient (Wildman–Crippen LogP) is 4.90. The van der Waals surface area contributed by atoms with Crippen molar-refractivity contribution < 1.29 is 9.36 Å². The summed E-state index contributed by atoms with van der Waals surface area (Å²) in [4.78, 5) is 14.0. The molecule has 2 aromatic rings. The van der Waals surface area contributed by atoms with Gasteiger partial charge in [0.2, 0.25) is 5.91 Å². The highest BCUT2D eigenvalue weighted by Crippen LogP contribution is 2.45. The van der Waals surface area contributed by atoms with Gasteiger partial charge in [0.25, 0.3) is 0 Å². The summed E-state index contributed by atoms with van der Waals surface area (Å²) in [6.07, 6.45) is 2.75. The molecule has 4 nitrogen and oxygen atoms in total. The first-order chi connectivity index (χ1) is 12.0. The van der Waals surface area contributed by atoms with E-state index in [2.05, 4.69) is 12.0 Å². The molecule has 0 radical (unpaired) electrons. The molecule has 0 fully saturated rings. The standard InChI is InChI=1S/C20H25N2O2P/c1-3-13-22-19-11-10-18(14-17(19)9-12-20(22)23)21-25(2,24)15-16-7-5-4-6-8-16/h4-8,10-11,14H,3,9,12-13,15H2,1-2H3,(H,21,24). The molecule has 1 aliphatic rings. The lowest BCUT2D eigenvalue weighted by Gasteiger charge is -2.30. The molecule has 0 spiro atoms. The molecule has 3 rings (SSSR count). The number of aryl methyl sites for hydroxylation is 1. The van der Waals surface area contributed by atoms with E-state index in [4.69, 9.17) is 0 Å². The van der Waals surface area contributed by atoms with Crippen molar-refractivity contribution in [2.24, 2.45) is 0 Å². The number of anilines is 2. The minimum Gasteiger partial charge on any atom is -0.336 e. The highest BCUT2D eigenvalue weighted by Gasteiger charge is 2.24. The average Bonchev–Trinajstić information content (AvgIpc) is 2.57. The summed E-state index contributed by atoms with van der Waals surface area (Å²) in [5.41, 5.74) is 4.08. The average molecular weight is 356 g/mol. The summed E-state index contributed by atoms with van der Waals surface area (Å²) < 4.78 is 13.0. The van der Waals surface area contributed by atoms with Gasteiger partial charge in [-0.05, 0) is 42.2 Å². The zero-order valence-corrected chi connectivity index (χ0v) is 15.8. The molecule has 1 aliphatic heterocycles. The maximum Gasteiger partial charge on any atom is 0.227 e. The fourth-order valence-corrected chi connectivity index (χ4v) is 5.01. The minimum atomic E-state index is -2.54. The zero-order chi connectivity index (χ0) is 17.9. The number of fused-ring (bicyclic) bond motifs is 1. The van der Waals surface area contributed by atoms with Crippen LogP contribution in [-0.2, 0) is 21.9 Å². The molecular weight excluding hydrogens is 331 g/mol. The third-order valence-electron chi connectivity index (χ3n) is 4.42. The normalized spacial score (nSPS) is 16.2. The van der Waals surface area contributed by atoms with E-state index in [0.29, 0.717) is 12.6 Å². The van der Waals surface area contributed by atoms with Crippen molar-refractivity contribution in [3.63, 3.8) is 0 Å². The number of nitrogens with zero attached hydrogens (tertiary/aromatic N) is 1. The maximum absolute atomic E-state index is 13.0. The molecule has 0 aliphatic carbocycles. The van der Waals surface area contributed by atoms with Crippen LogP contribution in [0.2, 0.25) is 0 Å². The third-order valence-corrected chi connectivity index (χ3v) is 6.12. The molecule has 5 heteroatoms. The van der Waals surface area contributed by atoms with Gasteiger partial charge in [0.15, 0.2) is 7.29 Å². The lowest BCUT2D eigenvalue weighted by Crippen LogP contribution is -2.35. The van der Waals surface area contributed by atoms with Crippen LogP contribution in [0.15, 0.2) is 48.5 Å². The molecule has 132 valence electrons. The topological polar surface area (TPSA) is 49.4 Å². The molecule has 1 N–H and O–H groups in total. The van der Waals surface area contributed by atoms with Gasteiger partial charge >= 0.3 is 0 Å². The second-order valence-electron chi connectivity index (χ2n) is 6.75. The van der Waals surface area contributed by atoms with Crippen LogP contribution >= 0.6 is 7.29 Å². The molecular formula is C20H25N2O2P. The number of carbonyl (C=O) groups excluding carboxylic acids is 1. The smallest absolute Gasteiger partial charge is 0.227 e. The summed E-state index contributed by atoms with van der Waals surface area (Å²) in [5.74, 6) is 0.195. The minimum absolute atomic E-state index is 0.195. The molecule has 25 heavy (non-hydrogen) atoms. The number of rotatable bonds is 6. The summed E-state index contributed by atoms with van der Waals surface area (Å²) in [6.45, 7) is 4.61. The van der Waals surface area contributed by atoms with Crippen LogP contribution in [-0.4, -0.2) is 19.1 Å². The van der Waals surface area contributed by atoms with Crippen molar-refractivity contribution in [3.05, 3.63) is 59.7 Å². The van der Waals surface area contributed by atoms with Crippen molar-refractivity contribution in [3.8, 4) is 0 Å². The van der Waals surface area contributed by atoms with E-state index in [-0.39, 0.29) is 5.91 Å². The van der Waals surface area contributed by atoms with Crippen molar-refractivity contribution >= 4 is 24.6 Å². The van der Waals surface area contributed by atoms with E-state index in [0.717, 1.165) is 41.9 Å². The van der Waals surface area contributed by atoms with Crippen LogP contribution in [0.1, 0.15) is 30.9 Å². The lowest BCUT2D eigenvalue weighted by atomic mass is 10.0. The first-order valence-corrected chi connectivity index (χ1v) is 11.1. The molecule has 0 saturated heterocycles. The van der Waals surface area contributed by atoms with Crippen molar-refractivity contribution in [1.82, 2.24) is 0 Å². The quantitative estimate of drug-likeness (QED) is 0.749. The van der Waals surface area contributed by atoms with Gasteiger partial charge in [0, 0.05) is 37.2 Å². The molecule has 0 aromatic heterocycles. The fraction of sp³-hybridized carbons (Fsp3) is 0.350. The van der Waals surface area contributed by atoms with Gasteiger partial charge in [-0.1, -0.05) is 37.3 Å². The molecule has 0 saturated carbocycles. The first-order valence-electron chi connectivity index (χ1n) is 8.80. The van der Waals surface area contributed by atoms with Crippen LogP contribution in [0.25, 0.3) is 0 Å². The van der Waals surface area contributed by atoms with Gasteiger partial charge in [-0.3, -0.25) is 4.79 Å². The SMILES string of the molecule is CCCN1C(=O)CCc2cc(NP(C)(=O)Cc3ccccc3)ccc21. The Morgan fingerprint density at radius 3 is 2.60 bits per heavy atom. The fourth-order valence-electron chi connectivity index (χ4n) is 3.34. The van der Waals surface area contributed by atoms with E-state index in [1.165, 1.54) is 0 Å². The first kappa shape index (κ1) is 17.8. The largest absolute Gasteiger partial charge is 0.336 e. The van der Waals surface area contributed by atoms with Crippen LogP contribution in [0.5, 0.6) is 0 Å². The lowest BCUT2D eigenvalue weighted by molar-refractivity contribution is -0.118. The van der Waals surface area contributed by atoms with Gasteiger partial charge in [-0.15, -0.1) is 0 Å². The maximum atomic E-state index is 13.0. The van der Waals surface area contributed by atoms with Gasteiger partial charge < -0.3 is 14.6 Å². The highest BCUT2D eigenvalue weighted by molar-refractivity contribution is 7.63. The molecule has 1 atom stereocenters. The zero-order valence-electron chi connectivity index (χ0n) is 14.9. The number of amides is 1. The summed E-state index contributed by atoms with van der Waals surface area (Å²) >= 11 is 0. The molecule has 1 unspecified atom stereocenters. The van der Waals surface area contributed by atoms with Gasteiger partial charge in [0.1, 0.15) is 0 Å². The number of hydrogen-bond donors (Lipinski definition) is 1. The second kappa shape index (κ2) is 7.45. The van der Waals surface area contributed by atoms with Gasteiger partial charge in [0.05, 0.1) is 0 Å². The van der Waals surface area contributed by atoms with Crippen LogP contribution in [0, 0.1) is 0 Å². The Balaban J connectivity index is 1.78. The van der Waals surface area contributed by atoms with E-state index in [1.54, 1.807) is 6.66 Å². The molecule has 1 amide bonds. The van der Waals surface area contributed by atoms with Crippen molar-refractivity contribution in [2.45, 2.75) is 32.3 Å². The monoisotopic (exact) mass is 356 g/mol. The summed E-state index contributed by atoms with van der Waals surface area (Å²) in [7, 11) is -2.54. The van der Waals surface area contributed by atoms with Gasteiger partial charge in [-0.25, -0.2) is 0 Å².